The van der Waals surface area contributed by atoms with Crippen molar-refractivity contribution < 1.29 is 9.53 Å². The average molecular weight is 298 g/mol. The number of benzene rings is 1. The van der Waals surface area contributed by atoms with Gasteiger partial charge in [-0.25, -0.2) is 0 Å². The predicted octanol–water partition coefficient (Wildman–Crippen LogP) is 3.10. The van der Waals surface area contributed by atoms with E-state index >= 15 is 0 Å². The molecule has 0 N–H and O–H groups in total. The van der Waals surface area contributed by atoms with E-state index in [4.69, 9.17) is 4.74 Å². The number of morpholine rings is 1. The van der Waals surface area contributed by atoms with Gasteiger partial charge in [-0.15, -0.1) is 0 Å². The monoisotopic (exact) mass is 298 g/mol. The molecule has 0 bridgehead atoms. The highest BCUT2D eigenvalue weighted by Gasteiger charge is 2.27. The molecule has 0 unspecified atom stereocenters. The molecule has 3 rings (SSSR count). The molecule has 0 saturated carbocycles. The summed E-state index contributed by atoms with van der Waals surface area (Å²) in [5, 5.41) is 0.933. The van der Waals surface area contributed by atoms with Gasteiger partial charge < -0.3 is 9.64 Å². The normalized spacial score (nSPS) is 22.1. The van der Waals surface area contributed by atoms with Crippen molar-refractivity contribution in [1.29, 1.82) is 0 Å². The number of ether oxygens (including phenoxy) is 1. The smallest absolute Gasteiger partial charge is 0.254 e. The number of pyridine rings is 1. The molecular weight excluding hydrogens is 276 g/mol. The van der Waals surface area contributed by atoms with Gasteiger partial charge in [-0.05, 0) is 45.9 Å². The van der Waals surface area contributed by atoms with Crippen LogP contribution in [-0.2, 0) is 4.74 Å². The van der Waals surface area contributed by atoms with Crippen molar-refractivity contribution in [3.8, 4) is 0 Å². The molecule has 1 amide bonds. The van der Waals surface area contributed by atoms with E-state index in [0.29, 0.717) is 13.1 Å². The summed E-state index contributed by atoms with van der Waals surface area (Å²) in [6.45, 7) is 9.26. The van der Waals surface area contributed by atoms with E-state index in [-0.39, 0.29) is 18.1 Å². The van der Waals surface area contributed by atoms with Gasteiger partial charge in [0, 0.05) is 24.2 Å². The van der Waals surface area contributed by atoms with Crippen molar-refractivity contribution in [2.45, 2.75) is 39.9 Å². The lowest BCUT2D eigenvalue weighted by atomic mass is 10.0. The van der Waals surface area contributed by atoms with Crippen LogP contribution in [0.3, 0.4) is 0 Å². The Hall–Kier alpha value is -1.94. The standard InChI is InChI=1S/C18H22N2O2/c1-11-5-6-17-15(7-11)16(8-12(2)19-17)18(21)20-9-13(3)22-14(4)10-20/h5-8,13-14H,9-10H2,1-4H3/t13-,14-/m1/s1. The fourth-order valence-corrected chi connectivity index (χ4v) is 3.16. The van der Waals surface area contributed by atoms with Crippen LogP contribution in [0.15, 0.2) is 24.3 Å². The maximum absolute atomic E-state index is 13.0. The van der Waals surface area contributed by atoms with Crippen LogP contribution in [-0.4, -0.2) is 41.1 Å². The van der Waals surface area contributed by atoms with Crippen LogP contribution >= 0.6 is 0 Å². The van der Waals surface area contributed by atoms with Crippen molar-refractivity contribution in [3.63, 3.8) is 0 Å². The Morgan fingerprint density at radius 2 is 1.86 bits per heavy atom. The van der Waals surface area contributed by atoms with Crippen molar-refractivity contribution in [1.82, 2.24) is 9.88 Å². The summed E-state index contributed by atoms with van der Waals surface area (Å²) in [7, 11) is 0. The largest absolute Gasteiger partial charge is 0.372 e. The summed E-state index contributed by atoms with van der Waals surface area (Å²) in [6, 6.07) is 7.96. The Balaban J connectivity index is 2.05. The topological polar surface area (TPSA) is 42.4 Å². The number of aromatic nitrogens is 1. The lowest BCUT2D eigenvalue weighted by molar-refractivity contribution is -0.0585. The highest BCUT2D eigenvalue weighted by atomic mass is 16.5. The van der Waals surface area contributed by atoms with Gasteiger partial charge in [0.1, 0.15) is 0 Å². The first-order chi connectivity index (χ1) is 10.4. The number of hydrogen-bond donors (Lipinski definition) is 0. The van der Waals surface area contributed by atoms with Gasteiger partial charge in [0.2, 0.25) is 0 Å². The lowest BCUT2D eigenvalue weighted by Gasteiger charge is -2.35. The molecule has 0 radical (unpaired) electrons. The Bertz CT molecular complexity index is 716. The Labute approximate surface area is 131 Å². The number of carbonyl (C=O) groups excluding carboxylic acids is 1. The van der Waals surface area contributed by atoms with Crippen LogP contribution < -0.4 is 0 Å². The summed E-state index contributed by atoms with van der Waals surface area (Å²) in [5.41, 5.74) is 3.63. The minimum Gasteiger partial charge on any atom is -0.372 e. The van der Waals surface area contributed by atoms with E-state index in [1.54, 1.807) is 0 Å². The van der Waals surface area contributed by atoms with E-state index in [0.717, 1.165) is 27.7 Å². The number of amides is 1. The molecule has 4 heteroatoms. The molecule has 2 heterocycles. The van der Waals surface area contributed by atoms with E-state index in [2.05, 4.69) is 4.98 Å². The molecule has 1 fully saturated rings. The summed E-state index contributed by atoms with van der Waals surface area (Å²) < 4.78 is 5.73. The summed E-state index contributed by atoms with van der Waals surface area (Å²) >= 11 is 0. The highest BCUT2D eigenvalue weighted by molar-refractivity contribution is 6.06. The first-order valence-electron chi connectivity index (χ1n) is 7.77. The number of rotatable bonds is 1. The molecule has 2 aromatic rings. The van der Waals surface area contributed by atoms with Crippen LogP contribution in [0.25, 0.3) is 10.9 Å². The molecule has 116 valence electrons. The summed E-state index contributed by atoms with van der Waals surface area (Å²) in [4.78, 5) is 19.4. The van der Waals surface area contributed by atoms with Gasteiger partial charge in [-0.1, -0.05) is 11.6 Å². The third kappa shape index (κ3) is 2.83. The maximum Gasteiger partial charge on any atom is 0.254 e. The fourth-order valence-electron chi connectivity index (χ4n) is 3.16. The molecular formula is C18H22N2O2. The third-order valence-corrected chi connectivity index (χ3v) is 4.03. The molecule has 1 aliphatic rings. The SMILES string of the molecule is Cc1ccc2nc(C)cc(C(=O)N3C[C@@H](C)O[C@H](C)C3)c2c1. The Morgan fingerprint density at radius 1 is 1.18 bits per heavy atom. The zero-order chi connectivity index (χ0) is 15.9. The number of fused-ring (bicyclic) bond motifs is 1. The lowest BCUT2D eigenvalue weighted by Crippen LogP contribution is -2.48. The van der Waals surface area contributed by atoms with Crippen molar-refractivity contribution >= 4 is 16.8 Å². The Morgan fingerprint density at radius 3 is 2.55 bits per heavy atom. The van der Waals surface area contributed by atoms with Crippen LogP contribution in [0.4, 0.5) is 0 Å². The highest BCUT2D eigenvalue weighted by Crippen LogP contribution is 2.23. The van der Waals surface area contributed by atoms with Gasteiger partial charge in [-0.2, -0.15) is 0 Å². The van der Waals surface area contributed by atoms with Crippen LogP contribution in [0.2, 0.25) is 0 Å². The second kappa shape index (κ2) is 5.69. The number of hydrogen-bond acceptors (Lipinski definition) is 3. The number of aryl methyl sites for hydroxylation is 2. The van der Waals surface area contributed by atoms with Gasteiger partial charge in [-0.3, -0.25) is 9.78 Å². The number of carbonyl (C=O) groups is 1. The predicted molar refractivity (Wildman–Crippen MR) is 87.1 cm³/mol. The molecule has 4 nitrogen and oxygen atoms in total. The Kier molecular flexibility index (Phi) is 3.87. The second-order valence-electron chi connectivity index (χ2n) is 6.30. The minimum absolute atomic E-state index is 0.0723. The molecule has 2 atom stereocenters. The molecule has 22 heavy (non-hydrogen) atoms. The zero-order valence-electron chi connectivity index (χ0n) is 13.6. The average Bonchev–Trinajstić information content (AvgIpc) is 2.45. The minimum atomic E-state index is 0.0723. The molecule has 1 saturated heterocycles. The van der Waals surface area contributed by atoms with Gasteiger partial charge in [0.15, 0.2) is 0 Å². The van der Waals surface area contributed by atoms with Gasteiger partial charge in [0.05, 0.1) is 23.3 Å². The second-order valence-corrected chi connectivity index (χ2v) is 6.30. The summed E-state index contributed by atoms with van der Waals surface area (Å²) in [6.07, 6.45) is 0.146. The van der Waals surface area contributed by atoms with E-state index in [1.165, 1.54) is 0 Å². The molecule has 0 aliphatic carbocycles. The van der Waals surface area contributed by atoms with Gasteiger partial charge >= 0.3 is 0 Å². The van der Waals surface area contributed by atoms with Crippen molar-refractivity contribution in [2.24, 2.45) is 0 Å². The fraction of sp³-hybridized carbons (Fsp3) is 0.444. The van der Waals surface area contributed by atoms with E-state index < -0.39 is 0 Å². The maximum atomic E-state index is 13.0. The summed E-state index contributed by atoms with van der Waals surface area (Å²) in [5.74, 6) is 0.0723. The third-order valence-electron chi connectivity index (χ3n) is 4.03. The zero-order valence-corrected chi connectivity index (χ0v) is 13.6. The van der Waals surface area contributed by atoms with E-state index in [1.807, 2.05) is 56.9 Å². The molecule has 1 aromatic carbocycles. The van der Waals surface area contributed by atoms with Crippen LogP contribution in [0, 0.1) is 13.8 Å². The first kappa shape index (κ1) is 15.0. The van der Waals surface area contributed by atoms with Crippen molar-refractivity contribution in [2.75, 3.05) is 13.1 Å². The van der Waals surface area contributed by atoms with Crippen LogP contribution in [0.5, 0.6) is 0 Å². The first-order valence-corrected chi connectivity index (χ1v) is 7.77. The van der Waals surface area contributed by atoms with E-state index in [9.17, 15) is 4.79 Å². The number of nitrogens with zero attached hydrogens (tertiary/aromatic N) is 2. The van der Waals surface area contributed by atoms with Gasteiger partial charge in [0.25, 0.3) is 5.91 Å². The van der Waals surface area contributed by atoms with Crippen LogP contribution in [0.1, 0.15) is 35.5 Å². The molecule has 1 aromatic heterocycles. The van der Waals surface area contributed by atoms with Crippen molar-refractivity contribution in [3.05, 3.63) is 41.1 Å². The quantitative estimate of drug-likeness (QED) is 0.812. The molecule has 0 spiro atoms. The molecule has 1 aliphatic heterocycles.